The maximum atomic E-state index is 12.4. The molecule has 0 aliphatic carbocycles. The monoisotopic (exact) mass is 337 g/mol. The maximum Gasteiger partial charge on any atom is 0.237 e. The van der Waals surface area contributed by atoms with Crippen LogP contribution in [0, 0.1) is 0 Å². The van der Waals surface area contributed by atoms with E-state index in [0.717, 1.165) is 49.6 Å². The van der Waals surface area contributed by atoms with Gasteiger partial charge in [0.1, 0.15) is 0 Å². The number of amides is 1. The quantitative estimate of drug-likeness (QED) is 0.879. The van der Waals surface area contributed by atoms with Crippen molar-refractivity contribution < 1.29 is 9.53 Å². The Kier molecular flexibility index (Phi) is 5.41. The molecule has 0 aromatic heterocycles. The lowest BCUT2D eigenvalue weighted by Gasteiger charge is -2.35. The van der Waals surface area contributed by atoms with Crippen molar-refractivity contribution in [2.24, 2.45) is 0 Å². The van der Waals surface area contributed by atoms with Gasteiger partial charge in [-0.2, -0.15) is 0 Å². The van der Waals surface area contributed by atoms with E-state index in [-0.39, 0.29) is 24.1 Å². The van der Waals surface area contributed by atoms with Crippen molar-refractivity contribution in [1.29, 1.82) is 0 Å². The fraction of sp³-hybridized carbons (Fsp3) is 0.588. The van der Waals surface area contributed by atoms with Crippen molar-refractivity contribution in [1.82, 2.24) is 10.6 Å². The molecule has 23 heavy (non-hydrogen) atoms. The fourth-order valence-electron chi connectivity index (χ4n) is 3.41. The molecule has 0 saturated carbocycles. The second-order valence-electron chi connectivity index (χ2n) is 6.30. The number of nitrogens with one attached hydrogen (secondary N) is 2. The number of nitrogens with zero attached hydrogens (tertiary/aromatic N) is 1. The van der Waals surface area contributed by atoms with Gasteiger partial charge in [0, 0.05) is 32.8 Å². The Morgan fingerprint density at radius 2 is 2.26 bits per heavy atom. The third-order valence-corrected chi connectivity index (χ3v) is 5.02. The summed E-state index contributed by atoms with van der Waals surface area (Å²) in [6, 6.07) is 7.90. The molecule has 3 rings (SSSR count). The standard InChI is InChI=1S/C17H24ClN3O2/c1-23-13-9-15(19-10-13)17(22)20-12-5-4-8-21(11-12)16-7-3-2-6-14(16)18/h2-3,6-7,12-13,15,19H,4-5,8-11H2,1H3,(H,20,22)/t12-,13+,15-/m1/s1. The van der Waals surface area contributed by atoms with E-state index in [0.29, 0.717) is 0 Å². The number of para-hydroxylation sites is 1. The number of piperidine rings is 1. The number of hydrogen-bond donors (Lipinski definition) is 2. The van der Waals surface area contributed by atoms with Crippen LogP contribution in [-0.4, -0.2) is 50.8 Å². The molecule has 2 aliphatic heterocycles. The molecule has 1 amide bonds. The van der Waals surface area contributed by atoms with Crippen molar-refractivity contribution in [3.8, 4) is 0 Å². The molecule has 2 N–H and O–H groups in total. The van der Waals surface area contributed by atoms with Crippen LogP contribution in [0.3, 0.4) is 0 Å². The number of benzene rings is 1. The molecule has 0 radical (unpaired) electrons. The van der Waals surface area contributed by atoms with Gasteiger partial charge >= 0.3 is 0 Å². The van der Waals surface area contributed by atoms with Crippen LogP contribution in [0.2, 0.25) is 5.02 Å². The first-order chi connectivity index (χ1) is 11.2. The van der Waals surface area contributed by atoms with E-state index in [4.69, 9.17) is 16.3 Å². The van der Waals surface area contributed by atoms with Crippen LogP contribution in [-0.2, 0) is 9.53 Å². The van der Waals surface area contributed by atoms with E-state index < -0.39 is 0 Å². The molecule has 2 fully saturated rings. The molecule has 126 valence electrons. The van der Waals surface area contributed by atoms with Gasteiger partial charge in [-0.15, -0.1) is 0 Å². The lowest BCUT2D eigenvalue weighted by atomic mass is 10.0. The molecule has 2 heterocycles. The molecular formula is C17H24ClN3O2. The third-order valence-electron chi connectivity index (χ3n) is 4.70. The number of rotatable bonds is 4. The molecular weight excluding hydrogens is 314 g/mol. The van der Waals surface area contributed by atoms with Crippen LogP contribution in [0.5, 0.6) is 0 Å². The molecule has 5 nitrogen and oxygen atoms in total. The Morgan fingerprint density at radius 1 is 1.43 bits per heavy atom. The molecule has 3 atom stereocenters. The van der Waals surface area contributed by atoms with Crippen molar-refractivity contribution in [2.45, 2.75) is 37.5 Å². The smallest absolute Gasteiger partial charge is 0.237 e. The Balaban J connectivity index is 1.57. The normalized spacial score (nSPS) is 27.9. The van der Waals surface area contributed by atoms with Crippen LogP contribution < -0.4 is 15.5 Å². The topological polar surface area (TPSA) is 53.6 Å². The summed E-state index contributed by atoms with van der Waals surface area (Å²) in [4.78, 5) is 14.7. The third kappa shape index (κ3) is 3.97. The van der Waals surface area contributed by atoms with Crippen molar-refractivity contribution in [3.05, 3.63) is 29.3 Å². The second-order valence-corrected chi connectivity index (χ2v) is 6.71. The zero-order valence-corrected chi connectivity index (χ0v) is 14.2. The van der Waals surface area contributed by atoms with Crippen molar-refractivity contribution >= 4 is 23.2 Å². The van der Waals surface area contributed by atoms with Crippen molar-refractivity contribution in [3.63, 3.8) is 0 Å². The highest BCUT2D eigenvalue weighted by Crippen LogP contribution is 2.27. The molecule has 0 bridgehead atoms. The number of ether oxygens (including phenoxy) is 1. The summed E-state index contributed by atoms with van der Waals surface area (Å²) < 4.78 is 5.30. The number of halogens is 1. The summed E-state index contributed by atoms with van der Waals surface area (Å²) in [5.74, 6) is 0.0792. The number of methoxy groups -OCH3 is 1. The van der Waals surface area contributed by atoms with Gasteiger partial charge in [0.25, 0.3) is 0 Å². The summed E-state index contributed by atoms with van der Waals surface area (Å²) >= 11 is 6.29. The average molecular weight is 338 g/mol. The van der Waals surface area contributed by atoms with Gasteiger partial charge in [-0.05, 0) is 31.4 Å². The molecule has 6 heteroatoms. The summed E-state index contributed by atoms with van der Waals surface area (Å²) in [5.41, 5.74) is 1.05. The molecule has 2 saturated heterocycles. The lowest BCUT2D eigenvalue weighted by molar-refractivity contribution is -0.123. The zero-order valence-electron chi connectivity index (χ0n) is 13.4. The van der Waals surface area contributed by atoms with E-state index in [1.54, 1.807) is 7.11 Å². The first-order valence-electron chi connectivity index (χ1n) is 8.23. The lowest BCUT2D eigenvalue weighted by Crippen LogP contribution is -2.51. The second kappa shape index (κ2) is 7.51. The van der Waals surface area contributed by atoms with Gasteiger partial charge in [0.05, 0.1) is 22.9 Å². The van der Waals surface area contributed by atoms with E-state index in [1.165, 1.54) is 0 Å². The number of carbonyl (C=O) groups is 1. The Hall–Kier alpha value is -1.30. The largest absolute Gasteiger partial charge is 0.380 e. The van der Waals surface area contributed by atoms with E-state index in [9.17, 15) is 4.79 Å². The van der Waals surface area contributed by atoms with Crippen LogP contribution in [0.15, 0.2) is 24.3 Å². The predicted molar refractivity (Wildman–Crippen MR) is 92.0 cm³/mol. The van der Waals surface area contributed by atoms with E-state index >= 15 is 0 Å². The SMILES string of the molecule is CO[C@@H]1CN[C@@H](C(=O)N[C@@H]2CCCN(c3ccccc3Cl)C2)C1. The molecule has 1 aromatic rings. The van der Waals surface area contributed by atoms with Crippen molar-refractivity contribution in [2.75, 3.05) is 31.6 Å². The van der Waals surface area contributed by atoms with Gasteiger partial charge in [0.2, 0.25) is 5.91 Å². The van der Waals surface area contributed by atoms with Gasteiger partial charge in [-0.1, -0.05) is 23.7 Å². The summed E-state index contributed by atoms with van der Waals surface area (Å²) in [6.45, 7) is 2.52. The Bertz CT molecular complexity index is 554. The highest BCUT2D eigenvalue weighted by Gasteiger charge is 2.31. The van der Waals surface area contributed by atoms with Gasteiger partial charge in [-0.3, -0.25) is 4.79 Å². The number of hydrogen-bond acceptors (Lipinski definition) is 4. The molecule has 2 aliphatic rings. The van der Waals surface area contributed by atoms with E-state index in [2.05, 4.69) is 15.5 Å². The first-order valence-corrected chi connectivity index (χ1v) is 8.61. The van der Waals surface area contributed by atoms with Gasteiger partial charge in [0.15, 0.2) is 0 Å². The zero-order chi connectivity index (χ0) is 16.2. The van der Waals surface area contributed by atoms with Crippen LogP contribution in [0.1, 0.15) is 19.3 Å². The first kappa shape index (κ1) is 16.6. The summed E-state index contributed by atoms with van der Waals surface area (Å²) in [7, 11) is 1.69. The predicted octanol–water partition coefficient (Wildman–Crippen LogP) is 1.80. The van der Waals surface area contributed by atoms with Crippen LogP contribution in [0.4, 0.5) is 5.69 Å². The van der Waals surface area contributed by atoms with Gasteiger partial charge in [-0.25, -0.2) is 0 Å². The molecule has 0 unspecified atom stereocenters. The number of anilines is 1. The number of carbonyl (C=O) groups excluding carboxylic acids is 1. The summed E-state index contributed by atoms with van der Waals surface area (Å²) in [6.07, 6.45) is 2.93. The molecule has 1 aromatic carbocycles. The molecule has 0 spiro atoms. The summed E-state index contributed by atoms with van der Waals surface area (Å²) in [5, 5.41) is 7.17. The van der Waals surface area contributed by atoms with Crippen LogP contribution in [0.25, 0.3) is 0 Å². The highest BCUT2D eigenvalue weighted by atomic mass is 35.5. The fourth-order valence-corrected chi connectivity index (χ4v) is 3.66. The minimum absolute atomic E-state index is 0.0792. The van der Waals surface area contributed by atoms with Gasteiger partial charge < -0.3 is 20.3 Å². The Morgan fingerprint density at radius 3 is 3.00 bits per heavy atom. The minimum Gasteiger partial charge on any atom is -0.380 e. The Labute approximate surface area is 142 Å². The van der Waals surface area contributed by atoms with E-state index in [1.807, 2.05) is 24.3 Å². The van der Waals surface area contributed by atoms with Crippen LogP contribution >= 0.6 is 11.6 Å². The maximum absolute atomic E-state index is 12.4. The highest BCUT2D eigenvalue weighted by molar-refractivity contribution is 6.33. The average Bonchev–Trinajstić information content (AvgIpc) is 3.05. The minimum atomic E-state index is -0.143.